The van der Waals surface area contributed by atoms with E-state index in [0.717, 1.165) is 42.9 Å². The molecule has 2 aliphatic rings. The van der Waals surface area contributed by atoms with Crippen molar-refractivity contribution in [3.63, 3.8) is 0 Å². The van der Waals surface area contributed by atoms with E-state index in [2.05, 4.69) is 19.9 Å². The lowest BCUT2D eigenvalue weighted by Crippen LogP contribution is -2.44. The summed E-state index contributed by atoms with van der Waals surface area (Å²) in [6.45, 7) is 5.04. The molecule has 1 spiro atoms. The average molecular weight is 289 g/mol. The zero-order chi connectivity index (χ0) is 14.9. The predicted octanol–water partition coefficient (Wildman–Crippen LogP) is 4.21. The van der Waals surface area contributed by atoms with Crippen LogP contribution in [0.25, 0.3) is 0 Å². The van der Waals surface area contributed by atoms with Crippen LogP contribution in [0, 0.1) is 5.92 Å². The van der Waals surface area contributed by atoms with Crippen molar-refractivity contribution >= 4 is 0 Å². The highest BCUT2D eigenvalue weighted by atomic mass is 16.5. The fourth-order valence-electron chi connectivity index (χ4n) is 3.55. The predicted molar refractivity (Wildman–Crippen MR) is 84.8 cm³/mol. The molecule has 3 rings (SSSR count). The summed E-state index contributed by atoms with van der Waals surface area (Å²) in [5.74, 6) is 2.35. The fourth-order valence-corrected chi connectivity index (χ4v) is 3.55. The molecule has 1 atom stereocenters. The van der Waals surface area contributed by atoms with Gasteiger partial charge in [0.25, 0.3) is 0 Å². The standard InChI is InChI=1S/C18H27NO2/c1-13(2)12-20-14-6-7-15-16(19)11-18(21-17(15)10-14)8-4-3-5-9-18/h6-7,10,13,16H,3-5,8-9,11-12,19H2,1-2H3. The lowest BCUT2D eigenvalue weighted by molar-refractivity contribution is 0.00170. The molecule has 21 heavy (non-hydrogen) atoms. The van der Waals surface area contributed by atoms with Gasteiger partial charge in [0.15, 0.2) is 0 Å². The minimum absolute atomic E-state index is 0.0265. The lowest BCUT2D eigenvalue weighted by atomic mass is 9.77. The molecule has 1 aromatic rings. The molecule has 0 radical (unpaired) electrons. The topological polar surface area (TPSA) is 44.5 Å². The van der Waals surface area contributed by atoms with E-state index in [9.17, 15) is 0 Å². The van der Waals surface area contributed by atoms with Gasteiger partial charge in [0.1, 0.15) is 17.1 Å². The first-order valence-corrected chi connectivity index (χ1v) is 8.29. The summed E-state index contributed by atoms with van der Waals surface area (Å²) in [5.41, 5.74) is 7.50. The smallest absolute Gasteiger partial charge is 0.128 e. The lowest BCUT2D eigenvalue weighted by Gasteiger charge is -2.43. The van der Waals surface area contributed by atoms with Crippen molar-refractivity contribution in [1.82, 2.24) is 0 Å². The number of benzene rings is 1. The maximum absolute atomic E-state index is 6.42. The van der Waals surface area contributed by atoms with Crippen LogP contribution in [0.1, 0.15) is 64.0 Å². The van der Waals surface area contributed by atoms with Crippen LogP contribution in [0.5, 0.6) is 11.5 Å². The molecule has 3 nitrogen and oxygen atoms in total. The summed E-state index contributed by atoms with van der Waals surface area (Å²) in [4.78, 5) is 0. The first-order valence-electron chi connectivity index (χ1n) is 8.29. The van der Waals surface area contributed by atoms with E-state index in [-0.39, 0.29) is 11.6 Å². The number of hydrogen-bond acceptors (Lipinski definition) is 3. The van der Waals surface area contributed by atoms with Crippen LogP contribution >= 0.6 is 0 Å². The molecule has 1 aromatic carbocycles. The van der Waals surface area contributed by atoms with Gasteiger partial charge in [0.2, 0.25) is 0 Å². The van der Waals surface area contributed by atoms with E-state index in [0.29, 0.717) is 5.92 Å². The quantitative estimate of drug-likeness (QED) is 0.906. The van der Waals surface area contributed by atoms with E-state index >= 15 is 0 Å². The van der Waals surface area contributed by atoms with Crippen molar-refractivity contribution in [1.29, 1.82) is 0 Å². The first-order chi connectivity index (χ1) is 10.1. The molecule has 1 aliphatic carbocycles. The van der Waals surface area contributed by atoms with E-state index in [1.807, 2.05) is 12.1 Å². The average Bonchev–Trinajstić information content (AvgIpc) is 2.45. The van der Waals surface area contributed by atoms with Gasteiger partial charge in [-0.3, -0.25) is 0 Å². The second-order valence-electron chi connectivity index (χ2n) is 7.06. The third kappa shape index (κ3) is 3.18. The van der Waals surface area contributed by atoms with E-state index in [1.165, 1.54) is 19.3 Å². The third-order valence-corrected chi connectivity index (χ3v) is 4.65. The van der Waals surface area contributed by atoms with Crippen LogP contribution in [-0.2, 0) is 0 Å². The molecule has 116 valence electrons. The maximum atomic E-state index is 6.42. The Kier molecular flexibility index (Phi) is 4.12. The summed E-state index contributed by atoms with van der Waals surface area (Å²) in [5, 5.41) is 0. The molecule has 2 N–H and O–H groups in total. The Bertz CT molecular complexity index is 492. The molecule has 0 saturated heterocycles. The number of ether oxygens (including phenoxy) is 2. The molecule has 0 bridgehead atoms. The fraction of sp³-hybridized carbons (Fsp3) is 0.667. The Morgan fingerprint density at radius 2 is 2.05 bits per heavy atom. The van der Waals surface area contributed by atoms with E-state index < -0.39 is 0 Å². The molecule has 1 unspecified atom stereocenters. The molecule has 0 amide bonds. The van der Waals surface area contributed by atoms with Crippen molar-refractivity contribution in [2.24, 2.45) is 11.7 Å². The van der Waals surface area contributed by atoms with Crippen molar-refractivity contribution in [2.45, 2.75) is 64.0 Å². The highest BCUT2D eigenvalue weighted by Crippen LogP contribution is 2.46. The maximum Gasteiger partial charge on any atom is 0.128 e. The largest absolute Gasteiger partial charge is 0.493 e. The van der Waals surface area contributed by atoms with Gasteiger partial charge in [-0.15, -0.1) is 0 Å². The van der Waals surface area contributed by atoms with Crippen LogP contribution in [0.4, 0.5) is 0 Å². The van der Waals surface area contributed by atoms with Crippen molar-refractivity contribution in [3.8, 4) is 11.5 Å². The monoisotopic (exact) mass is 289 g/mol. The summed E-state index contributed by atoms with van der Waals surface area (Å²) in [7, 11) is 0. The molecule has 1 saturated carbocycles. The van der Waals surface area contributed by atoms with Gasteiger partial charge in [-0.1, -0.05) is 26.3 Å². The van der Waals surface area contributed by atoms with Crippen LogP contribution in [0.15, 0.2) is 18.2 Å². The summed E-state index contributed by atoms with van der Waals surface area (Å²) < 4.78 is 12.2. The van der Waals surface area contributed by atoms with Crippen molar-refractivity contribution < 1.29 is 9.47 Å². The number of nitrogens with two attached hydrogens (primary N) is 1. The Labute approximate surface area is 127 Å². The highest BCUT2D eigenvalue weighted by Gasteiger charge is 2.40. The van der Waals surface area contributed by atoms with Crippen LogP contribution in [0.2, 0.25) is 0 Å². The Hall–Kier alpha value is -1.22. The molecule has 1 aliphatic heterocycles. The molecule has 3 heteroatoms. The SMILES string of the molecule is CC(C)COc1ccc2c(c1)OC1(CCCCC1)CC2N. The van der Waals surface area contributed by atoms with Crippen molar-refractivity contribution in [3.05, 3.63) is 23.8 Å². The zero-order valence-corrected chi connectivity index (χ0v) is 13.2. The number of fused-ring (bicyclic) bond motifs is 1. The molecular formula is C18H27NO2. The van der Waals surface area contributed by atoms with E-state index in [1.54, 1.807) is 0 Å². The molecular weight excluding hydrogens is 262 g/mol. The van der Waals surface area contributed by atoms with Crippen LogP contribution in [0.3, 0.4) is 0 Å². The van der Waals surface area contributed by atoms with Crippen LogP contribution in [-0.4, -0.2) is 12.2 Å². The molecule has 1 heterocycles. The van der Waals surface area contributed by atoms with Gasteiger partial charge in [-0.05, 0) is 37.7 Å². The number of rotatable bonds is 3. The molecule has 0 aromatic heterocycles. The highest BCUT2D eigenvalue weighted by molar-refractivity contribution is 5.44. The van der Waals surface area contributed by atoms with Gasteiger partial charge >= 0.3 is 0 Å². The normalized spacial score (nSPS) is 23.7. The summed E-state index contributed by atoms with van der Waals surface area (Å²) in [6, 6.07) is 6.22. The van der Waals surface area contributed by atoms with Crippen LogP contribution < -0.4 is 15.2 Å². The van der Waals surface area contributed by atoms with Gasteiger partial charge in [-0.2, -0.15) is 0 Å². The second kappa shape index (κ2) is 5.88. The first kappa shape index (κ1) is 14.7. The Balaban J connectivity index is 1.81. The Morgan fingerprint density at radius 1 is 1.29 bits per heavy atom. The van der Waals surface area contributed by atoms with Gasteiger partial charge in [-0.25, -0.2) is 0 Å². The summed E-state index contributed by atoms with van der Waals surface area (Å²) >= 11 is 0. The second-order valence-corrected chi connectivity index (χ2v) is 7.06. The van der Waals surface area contributed by atoms with Crippen molar-refractivity contribution in [2.75, 3.05) is 6.61 Å². The van der Waals surface area contributed by atoms with Gasteiger partial charge in [0.05, 0.1) is 6.61 Å². The minimum atomic E-state index is -0.0265. The minimum Gasteiger partial charge on any atom is -0.493 e. The van der Waals surface area contributed by atoms with E-state index in [4.69, 9.17) is 15.2 Å². The molecule has 1 fully saturated rings. The van der Waals surface area contributed by atoms with Gasteiger partial charge in [0, 0.05) is 24.1 Å². The Morgan fingerprint density at radius 3 is 2.76 bits per heavy atom. The number of hydrogen-bond donors (Lipinski definition) is 1. The van der Waals surface area contributed by atoms with Gasteiger partial charge < -0.3 is 15.2 Å². The summed E-state index contributed by atoms with van der Waals surface area (Å²) in [6.07, 6.45) is 7.06. The zero-order valence-electron chi connectivity index (χ0n) is 13.2. The third-order valence-electron chi connectivity index (χ3n) is 4.65.